The van der Waals surface area contributed by atoms with E-state index in [0.29, 0.717) is 23.8 Å². The first-order valence-corrected chi connectivity index (χ1v) is 11.7. The van der Waals surface area contributed by atoms with Crippen LogP contribution in [0.1, 0.15) is 36.3 Å². The highest BCUT2D eigenvalue weighted by molar-refractivity contribution is 6.01. The van der Waals surface area contributed by atoms with Crippen molar-refractivity contribution >= 4 is 29.6 Å². The first-order chi connectivity index (χ1) is 17.4. The molecule has 2 atom stereocenters. The number of carbonyl (C=O) groups is 4. The minimum absolute atomic E-state index is 0.000508. The number of carbonyl (C=O) groups excluding carboxylic acids is 4. The van der Waals surface area contributed by atoms with E-state index < -0.39 is 24.2 Å². The predicted molar refractivity (Wildman–Crippen MR) is 127 cm³/mol. The summed E-state index contributed by atoms with van der Waals surface area (Å²) in [5.74, 6) is -1.66. The summed E-state index contributed by atoms with van der Waals surface area (Å²) in [4.78, 5) is 54.7. The first kappa shape index (κ1) is 23.7. The van der Waals surface area contributed by atoms with Crippen LogP contribution in [0.15, 0.2) is 54.6 Å². The Morgan fingerprint density at radius 3 is 2.53 bits per heavy atom. The molecule has 36 heavy (non-hydrogen) atoms. The number of imide groups is 1. The fourth-order valence-electron chi connectivity index (χ4n) is 4.72. The van der Waals surface area contributed by atoms with Crippen LogP contribution in [0.25, 0.3) is 11.1 Å². The number of aliphatic hydroxyl groups is 1. The molecule has 0 aromatic heterocycles. The maximum absolute atomic E-state index is 12.5. The van der Waals surface area contributed by atoms with Crippen molar-refractivity contribution in [2.24, 2.45) is 0 Å². The molecule has 2 aromatic rings. The summed E-state index contributed by atoms with van der Waals surface area (Å²) in [6.45, 7) is 0.961. The van der Waals surface area contributed by atoms with E-state index in [0.717, 1.165) is 22.3 Å². The van der Waals surface area contributed by atoms with Crippen LogP contribution in [0.4, 0.5) is 10.5 Å². The van der Waals surface area contributed by atoms with Gasteiger partial charge in [-0.25, -0.2) is 4.79 Å². The summed E-state index contributed by atoms with van der Waals surface area (Å²) < 4.78 is 5.30. The Labute approximate surface area is 207 Å². The number of aliphatic hydroxyl groups excluding tert-OH is 1. The Morgan fingerprint density at radius 2 is 1.78 bits per heavy atom. The Morgan fingerprint density at radius 1 is 1.03 bits per heavy atom. The van der Waals surface area contributed by atoms with Crippen molar-refractivity contribution in [1.82, 2.24) is 9.96 Å². The van der Waals surface area contributed by atoms with E-state index >= 15 is 0 Å². The number of ether oxygens (including phenoxy) is 1. The number of hydrogen-bond acceptors (Lipinski definition) is 8. The number of hydroxylamine groups is 2. The maximum atomic E-state index is 12.5. The minimum Gasteiger partial charge on any atom is -0.432 e. The van der Waals surface area contributed by atoms with Crippen LogP contribution in [-0.2, 0) is 24.0 Å². The molecular formula is C26H25N3O7. The Bertz CT molecular complexity index is 1240. The van der Waals surface area contributed by atoms with Crippen molar-refractivity contribution in [2.75, 3.05) is 25.0 Å². The fourth-order valence-corrected chi connectivity index (χ4v) is 4.72. The molecule has 0 spiro atoms. The zero-order valence-electron chi connectivity index (χ0n) is 19.4. The molecule has 10 heteroatoms. The largest absolute Gasteiger partial charge is 0.533 e. The number of fused-ring (bicyclic) bond motifs is 3. The van der Waals surface area contributed by atoms with Gasteiger partial charge >= 0.3 is 6.16 Å². The van der Waals surface area contributed by atoms with Crippen molar-refractivity contribution < 1.29 is 33.9 Å². The lowest BCUT2D eigenvalue weighted by atomic mass is 9.97. The highest BCUT2D eigenvalue weighted by atomic mass is 16.8. The Balaban J connectivity index is 1.26. The van der Waals surface area contributed by atoms with Gasteiger partial charge in [0.2, 0.25) is 5.91 Å². The second-order valence-electron chi connectivity index (χ2n) is 8.81. The molecular weight excluding hydrogens is 466 g/mol. The van der Waals surface area contributed by atoms with Crippen molar-refractivity contribution in [3.63, 3.8) is 0 Å². The summed E-state index contributed by atoms with van der Waals surface area (Å²) in [6, 6.07) is 13.3. The maximum Gasteiger partial charge on any atom is 0.533 e. The number of rotatable bonds is 7. The van der Waals surface area contributed by atoms with E-state index in [4.69, 9.17) is 9.57 Å². The molecule has 186 valence electrons. The molecule has 2 aromatic carbocycles. The molecule has 2 unspecified atom stereocenters. The van der Waals surface area contributed by atoms with Crippen LogP contribution >= 0.6 is 0 Å². The van der Waals surface area contributed by atoms with Crippen LogP contribution in [0.5, 0.6) is 0 Å². The average molecular weight is 492 g/mol. The molecule has 0 saturated carbocycles. The SMILES string of the molecule is O=C(CCN1CC=CC1O)Nc1ccc2c(c1)C(COC(=O)ON1C(=O)CCC1=O)c1ccccc1-2. The summed E-state index contributed by atoms with van der Waals surface area (Å²) >= 11 is 0. The van der Waals surface area contributed by atoms with Gasteiger partial charge in [-0.3, -0.25) is 24.1 Å². The van der Waals surface area contributed by atoms with Gasteiger partial charge in [0.25, 0.3) is 11.8 Å². The molecule has 10 nitrogen and oxygen atoms in total. The standard InChI is InChI=1S/C26H25N3O7/c30-22(11-13-28-12-3-6-23(28)31)27-16-7-8-19-17-4-1-2-5-18(17)21(20(19)14-16)15-35-26(34)36-29-24(32)9-10-25(29)33/h1-8,14,21,23,31H,9-13,15H2,(H,27,30). The third-order valence-electron chi connectivity index (χ3n) is 6.52. The van der Waals surface area contributed by atoms with E-state index in [1.54, 1.807) is 11.0 Å². The summed E-state index contributed by atoms with van der Waals surface area (Å²) in [5, 5.41) is 13.2. The van der Waals surface area contributed by atoms with Crippen LogP contribution in [0.2, 0.25) is 0 Å². The Kier molecular flexibility index (Phi) is 6.53. The lowest BCUT2D eigenvalue weighted by Crippen LogP contribution is -2.32. The monoisotopic (exact) mass is 491 g/mol. The van der Waals surface area contributed by atoms with Gasteiger partial charge in [0.05, 0.1) is 0 Å². The second-order valence-corrected chi connectivity index (χ2v) is 8.81. The average Bonchev–Trinajstić information content (AvgIpc) is 3.52. The van der Waals surface area contributed by atoms with Crippen LogP contribution in [0, 0.1) is 0 Å². The van der Waals surface area contributed by atoms with E-state index in [9.17, 15) is 24.3 Å². The summed E-state index contributed by atoms with van der Waals surface area (Å²) in [7, 11) is 0. The lowest BCUT2D eigenvalue weighted by Gasteiger charge is -2.19. The zero-order valence-corrected chi connectivity index (χ0v) is 19.4. The van der Waals surface area contributed by atoms with Gasteiger partial charge in [0, 0.05) is 44.0 Å². The topological polar surface area (TPSA) is 125 Å². The Hall–Kier alpha value is -4.02. The molecule has 0 radical (unpaired) electrons. The van der Waals surface area contributed by atoms with E-state index in [-0.39, 0.29) is 37.7 Å². The van der Waals surface area contributed by atoms with Gasteiger partial charge in [-0.1, -0.05) is 41.5 Å². The molecule has 5 rings (SSSR count). The van der Waals surface area contributed by atoms with Crippen molar-refractivity contribution in [3.8, 4) is 11.1 Å². The van der Waals surface area contributed by atoms with E-state index in [2.05, 4.69) is 5.32 Å². The van der Waals surface area contributed by atoms with Gasteiger partial charge in [-0.05, 0) is 40.5 Å². The lowest BCUT2D eigenvalue weighted by molar-refractivity contribution is -0.177. The van der Waals surface area contributed by atoms with Crippen molar-refractivity contribution in [3.05, 3.63) is 65.7 Å². The highest BCUT2D eigenvalue weighted by Gasteiger charge is 2.35. The number of nitrogens with one attached hydrogen (secondary N) is 1. The number of amides is 3. The number of nitrogens with zero attached hydrogens (tertiary/aromatic N) is 2. The van der Waals surface area contributed by atoms with Crippen LogP contribution in [-0.4, -0.2) is 64.9 Å². The third kappa shape index (κ3) is 4.73. The van der Waals surface area contributed by atoms with E-state index in [1.165, 1.54) is 0 Å². The molecule has 2 N–H and O–H groups in total. The van der Waals surface area contributed by atoms with Gasteiger partial charge in [-0.2, -0.15) is 0 Å². The number of anilines is 1. The predicted octanol–water partition coefficient (Wildman–Crippen LogP) is 2.53. The smallest absolute Gasteiger partial charge is 0.432 e. The molecule has 1 saturated heterocycles. The van der Waals surface area contributed by atoms with Crippen molar-refractivity contribution in [1.29, 1.82) is 0 Å². The second kappa shape index (κ2) is 9.92. The quantitative estimate of drug-likeness (QED) is 0.344. The van der Waals surface area contributed by atoms with Crippen LogP contribution in [0.3, 0.4) is 0 Å². The minimum atomic E-state index is -1.13. The molecule has 1 aliphatic carbocycles. The number of hydrogen-bond donors (Lipinski definition) is 2. The molecule has 2 aliphatic heterocycles. The fraction of sp³-hybridized carbons (Fsp3) is 0.308. The van der Waals surface area contributed by atoms with Crippen molar-refractivity contribution in [2.45, 2.75) is 31.4 Å². The first-order valence-electron chi connectivity index (χ1n) is 11.7. The third-order valence-corrected chi connectivity index (χ3v) is 6.52. The molecule has 2 heterocycles. The summed E-state index contributed by atoms with van der Waals surface area (Å²) in [5.41, 5.74) is 4.38. The normalized spacial score (nSPS) is 20.4. The van der Waals surface area contributed by atoms with E-state index in [1.807, 2.05) is 48.5 Å². The van der Waals surface area contributed by atoms with Gasteiger partial charge in [0.15, 0.2) is 0 Å². The molecule has 3 amide bonds. The number of benzene rings is 2. The molecule has 1 fully saturated rings. The van der Waals surface area contributed by atoms with Crippen LogP contribution < -0.4 is 5.32 Å². The highest BCUT2D eigenvalue weighted by Crippen LogP contribution is 2.45. The van der Waals surface area contributed by atoms with Gasteiger partial charge < -0.3 is 15.2 Å². The molecule has 0 bridgehead atoms. The molecule has 3 aliphatic rings. The summed E-state index contributed by atoms with van der Waals surface area (Å²) in [6.07, 6.45) is 1.98. The van der Waals surface area contributed by atoms with Gasteiger partial charge in [-0.15, -0.1) is 0 Å². The zero-order chi connectivity index (χ0) is 25.2. The van der Waals surface area contributed by atoms with Gasteiger partial charge in [0.1, 0.15) is 12.8 Å².